The lowest BCUT2D eigenvalue weighted by molar-refractivity contribution is -0.119. The highest BCUT2D eigenvalue weighted by molar-refractivity contribution is 14.1. The van der Waals surface area contributed by atoms with Gasteiger partial charge in [0.15, 0.2) is 0 Å². The molecule has 0 fully saturated rings. The smallest absolute Gasteiger partial charge is 0.337 e. The summed E-state index contributed by atoms with van der Waals surface area (Å²) < 4.78 is 0.742. The highest BCUT2D eigenvalue weighted by Crippen LogP contribution is 2.18. The Kier molecular flexibility index (Phi) is 5.55. The van der Waals surface area contributed by atoms with Crippen LogP contribution < -0.4 is 16.0 Å². The number of anilines is 1. The number of carboxylic acids is 1. The molecule has 1 aromatic carbocycles. The highest BCUT2D eigenvalue weighted by Gasteiger charge is 2.13. The quantitative estimate of drug-likeness (QED) is 0.584. The minimum atomic E-state index is -1.14. The summed E-state index contributed by atoms with van der Waals surface area (Å²) in [5.41, 5.74) is 0.157. The van der Waals surface area contributed by atoms with Crippen LogP contribution in [0.1, 0.15) is 10.4 Å². The standard InChI is InChI=1S/C11H12IN3O4/c1-13-9(16)5-14-11(19)15-8-3-2-6(12)4-7(8)10(17)18/h2-4H,5H2,1H3,(H,13,16)(H,17,18)(H2,14,15,19). The Hall–Kier alpha value is -1.84. The van der Waals surface area contributed by atoms with Gasteiger partial charge in [0.05, 0.1) is 17.8 Å². The largest absolute Gasteiger partial charge is 0.478 e. The van der Waals surface area contributed by atoms with Crippen LogP contribution in [0, 0.1) is 3.57 Å². The topological polar surface area (TPSA) is 108 Å². The van der Waals surface area contributed by atoms with E-state index < -0.39 is 12.0 Å². The van der Waals surface area contributed by atoms with Gasteiger partial charge in [-0.1, -0.05) is 0 Å². The normalized spacial score (nSPS) is 9.58. The number of carboxylic acid groups (broad SMARTS) is 1. The van der Waals surface area contributed by atoms with Gasteiger partial charge in [-0.25, -0.2) is 9.59 Å². The molecule has 0 heterocycles. The molecule has 3 amide bonds. The molecule has 1 aromatic rings. The number of benzene rings is 1. The number of amides is 3. The summed E-state index contributed by atoms with van der Waals surface area (Å²) in [4.78, 5) is 33.5. The number of urea groups is 1. The van der Waals surface area contributed by atoms with E-state index in [1.54, 1.807) is 6.07 Å². The Bertz CT molecular complexity index is 519. The molecule has 0 aliphatic carbocycles. The van der Waals surface area contributed by atoms with Crippen LogP contribution in [0.4, 0.5) is 10.5 Å². The monoisotopic (exact) mass is 377 g/mol. The summed E-state index contributed by atoms with van der Waals surface area (Å²) >= 11 is 1.97. The maximum absolute atomic E-state index is 11.5. The van der Waals surface area contributed by atoms with Crippen molar-refractivity contribution in [2.24, 2.45) is 0 Å². The van der Waals surface area contributed by atoms with Gasteiger partial charge in [-0.05, 0) is 40.8 Å². The van der Waals surface area contributed by atoms with Gasteiger partial charge in [-0.2, -0.15) is 0 Å². The van der Waals surface area contributed by atoms with Gasteiger partial charge in [0.25, 0.3) is 0 Å². The van der Waals surface area contributed by atoms with E-state index in [1.807, 2.05) is 22.6 Å². The zero-order valence-corrected chi connectivity index (χ0v) is 12.1. The fourth-order valence-electron chi connectivity index (χ4n) is 1.22. The minimum absolute atomic E-state index is 0.0120. The second kappa shape index (κ2) is 6.92. The van der Waals surface area contributed by atoms with Crippen molar-refractivity contribution in [2.45, 2.75) is 0 Å². The average Bonchev–Trinajstić information content (AvgIpc) is 2.37. The summed E-state index contributed by atoms with van der Waals surface area (Å²) in [6.07, 6.45) is 0. The van der Waals surface area contributed by atoms with E-state index in [1.165, 1.54) is 19.2 Å². The Morgan fingerprint density at radius 1 is 1.32 bits per heavy atom. The summed E-state index contributed by atoms with van der Waals surface area (Å²) in [6, 6.07) is 3.95. The number of aromatic carboxylic acids is 1. The molecule has 0 aromatic heterocycles. The SMILES string of the molecule is CNC(=O)CNC(=O)Nc1ccc(I)cc1C(=O)O. The Morgan fingerprint density at radius 3 is 2.58 bits per heavy atom. The molecule has 1 rings (SSSR count). The van der Waals surface area contributed by atoms with Crippen LogP contribution in [0.15, 0.2) is 18.2 Å². The van der Waals surface area contributed by atoms with Crippen molar-refractivity contribution < 1.29 is 19.5 Å². The third-order valence-electron chi connectivity index (χ3n) is 2.15. The maximum atomic E-state index is 11.5. The van der Waals surface area contributed by atoms with Crippen LogP contribution in [-0.4, -0.2) is 36.6 Å². The molecule has 102 valence electrons. The molecule has 0 bridgehead atoms. The van der Waals surface area contributed by atoms with Crippen LogP contribution in [0.25, 0.3) is 0 Å². The molecule has 0 saturated heterocycles. The zero-order valence-electron chi connectivity index (χ0n) is 9.99. The molecule has 7 nitrogen and oxygen atoms in total. The first-order valence-electron chi connectivity index (χ1n) is 5.22. The molecule has 0 atom stereocenters. The molecular formula is C11H12IN3O4. The summed E-state index contributed by atoms with van der Waals surface area (Å²) in [5.74, 6) is -1.49. The third kappa shape index (κ3) is 4.73. The number of hydrogen-bond donors (Lipinski definition) is 4. The van der Waals surface area contributed by atoms with E-state index in [4.69, 9.17) is 5.11 Å². The second-order valence-corrected chi connectivity index (χ2v) is 4.72. The summed E-state index contributed by atoms with van der Waals surface area (Å²) in [7, 11) is 1.45. The van der Waals surface area contributed by atoms with E-state index in [0.717, 1.165) is 3.57 Å². The molecule has 0 unspecified atom stereocenters. The van der Waals surface area contributed by atoms with Gasteiger partial charge >= 0.3 is 12.0 Å². The molecule has 8 heteroatoms. The van der Waals surface area contributed by atoms with E-state index in [-0.39, 0.29) is 23.7 Å². The van der Waals surface area contributed by atoms with Crippen molar-refractivity contribution in [3.05, 3.63) is 27.3 Å². The third-order valence-corrected chi connectivity index (χ3v) is 2.82. The Morgan fingerprint density at radius 2 is 2.00 bits per heavy atom. The second-order valence-electron chi connectivity index (χ2n) is 3.48. The first-order chi connectivity index (χ1) is 8.93. The molecule has 0 saturated carbocycles. The molecular weight excluding hydrogens is 365 g/mol. The Balaban J connectivity index is 2.74. The first-order valence-corrected chi connectivity index (χ1v) is 6.30. The van der Waals surface area contributed by atoms with Crippen molar-refractivity contribution in [2.75, 3.05) is 18.9 Å². The lowest BCUT2D eigenvalue weighted by atomic mass is 10.2. The van der Waals surface area contributed by atoms with Crippen molar-refractivity contribution in [1.82, 2.24) is 10.6 Å². The van der Waals surface area contributed by atoms with Crippen LogP contribution in [0.3, 0.4) is 0 Å². The van der Waals surface area contributed by atoms with E-state index >= 15 is 0 Å². The van der Waals surface area contributed by atoms with Crippen LogP contribution in [0.2, 0.25) is 0 Å². The van der Waals surface area contributed by atoms with E-state index in [2.05, 4.69) is 16.0 Å². The molecule has 19 heavy (non-hydrogen) atoms. The number of carbonyl (C=O) groups excluding carboxylic acids is 2. The maximum Gasteiger partial charge on any atom is 0.337 e. The average molecular weight is 377 g/mol. The van der Waals surface area contributed by atoms with Gasteiger partial charge in [-0.15, -0.1) is 0 Å². The van der Waals surface area contributed by atoms with Crippen molar-refractivity contribution in [3.8, 4) is 0 Å². The van der Waals surface area contributed by atoms with Crippen molar-refractivity contribution in [3.63, 3.8) is 0 Å². The minimum Gasteiger partial charge on any atom is -0.478 e. The predicted octanol–water partition coefficient (Wildman–Crippen LogP) is 0.857. The lowest BCUT2D eigenvalue weighted by Crippen LogP contribution is -2.37. The number of carbonyl (C=O) groups is 3. The van der Waals surface area contributed by atoms with Gasteiger partial charge in [-0.3, -0.25) is 4.79 Å². The summed E-state index contributed by atoms with van der Waals surface area (Å²) in [6.45, 7) is -0.185. The number of hydrogen-bond acceptors (Lipinski definition) is 3. The van der Waals surface area contributed by atoms with Gasteiger partial charge in [0.2, 0.25) is 5.91 Å². The van der Waals surface area contributed by atoms with Crippen LogP contribution in [-0.2, 0) is 4.79 Å². The molecule has 0 spiro atoms. The zero-order chi connectivity index (χ0) is 14.4. The number of halogens is 1. The number of nitrogens with one attached hydrogen (secondary N) is 3. The first kappa shape index (κ1) is 15.2. The van der Waals surface area contributed by atoms with Crippen LogP contribution >= 0.6 is 22.6 Å². The van der Waals surface area contributed by atoms with Crippen molar-refractivity contribution in [1.29, 1.82) is 0 Å². The number of rotatable bonds is 4. The van der Waals surface area contributed by atoms with Gasteiger partial charge in [0.1, 0.15) is 0 Å². The predicted molar refractivity (Wildman–Crippen MR) is 77.2 cm³/mol. The summed E-state index contributed by atoms with van der Waals surface area (Å²) in [5, 5.41) is 16.1. The van der Waals surface area contributed by atoms with Gasteiger partial charge < -0.3 is 21.1 Å². The molecule has 0 aliphatic rings. The van der Waals surface area contributed by atoms with Crippen LogP contribution in [0.5, 0.6) is 0 Å². The van der Waals surface area contributed by atoms with Crippen molar-refractivity contribution >= 4 is 46.2 Å². The fraction of sp³-hybridized carbons (Fsp3) is 0.182. The lowest BCUT2D eigenvalue weighted by Gasteiger charge is -2.09. The molecule has 0 aliphatic heterocycles. The van der Waals surface area contributed by atoms with E-state index in [0.29, 0.717) is 0 Å². The number of likely N-dealkylation sites (N-methyl/N-ethyl adjacent to an activating group) is 1. The fourth-order valence-corrected chi connectivity index (χ4v) is 1.71. The Labute approximate surface area is 122 Å². The van der Waals surface area contributed by atoms with Gasteiger partial charge in [0, 0.05) is 10.6 Å². The molecule has 4 N–H and O–H groups in total. The van der Waals surface area contributed by atoms with E-state index in [9.17, 15) is 14.4 Å². The molecule has 0 radical (unpaired) electrons. The highest BCUT2D eigenvalue weighted by atomic mass is 127.